The highest BCUT2D eigenvalue weighted by Gasteiger charge is 2.02. The topological polar surface area (TPSA) is 15.8 Å². The van der Waals surface area contributed by atoms with Gasteiger partial charge in [0.25, 0.3) is 0 Å². The molecule has 1 N–H and O–H groups in total. The molecule has 0 aliphatic carbocycles. The molecule has 20 heavy (non-hydrogen) atoms. The highest BCUT2D eigenvalue weighted by Crippen LogP contribution is 2.25. The van der Waals surface area contributed by atoms with Gasteiger partial charge in [-0.25, -0.2) is 4.39 Å². The number of benzene rings is 2. The van der Waals surface area contributed by atoms with Gasteiger partial charge in [-0.1, -0.05) is 41.4 Å². The first kappa shape index (κ1) is 13.2. The zero-order valence-electron chi connectivity index (χ0n) is 10.3. The van der Waals surface area contributed by atoms with Crippen LogP contribution in [0.2, 0.25) is 10.0 Å². The lowest BCUT2D eigenvalue weighted by molar-refractivity contribution is 0.629. The molecule has 0 aliphatic rings. The summed E-state index contributed by atoms with van der Waals surface area (Å²) in [7, 11) is 0. The van der Waals surface area contributed by atoms with E-state index in [1.807, 2.05) is 24.4 Å². The molecule has 3 rings (SSSR count). The second kappa shape index (κ2) is 5.31. The smallest absolute Gasteiger partial charge is 0.125 e. The molecule has 0 spiro atoms. The van der Waals surface area contributed by atoms with Crippen LogP contribution in [-0.2, 0) is 0 Å². The lowest BCUT2D eigenvalue weighted by atomic mass is 10.1. The minimum atomic E-state index is -0.251. The minimum Gasteiger partial charge on any atom is -0.360 e. The van der Waals surface area contributed by atoms with E-state index in [1.54, 1.807) is 18.2 Å². The summed E-state index contributed by atoms with van der Waals surface area (Å²) < 4.78 is 13.1. The second-order valence-corrected chi connectivity index (χ2v) is 5.26. The standard InChI is InChI=1S/C16H10Cl2FN/c17-14-6-2-10(7-15(14)18)1-3-11-9-20-16-8-12(19)4-5-13(11)16/h1-9,20H/b3-1+. The van der Waals surface area contributed by atoms with Crippen LogP contribution in [-0.4, -0.2) is 4.98 Å². The van der Waals surface area contributed by atoms with E-state index in [1.165, 1.54) is 12.1 Å². The van der Waals surface area contributed by atoms with Gasteiger partial charge >= 0.3 is 0 Å². The van der Waals surface area contributed by atoms with Crippen LogP contribution in [0.15, 0.2) is 42.6 Å². The van der Waals surface area contributed by atoms with Crippen molar-refractivity contribution in [1.82, 2.24) is 4.98 Å². The maximum absolute atomic E-state index is 13.1. The summed E-state index contributed by atoms with van der Waals surface area (Å²) in [4.78, 5) is 3.05. The Morgan fingerprint density at radius 2 is 1.80 bits per heavy atom. The van der Waals surface area contributed by atoms with Gasteiger partial charge < -0.3 is 4.98 Å². The molecule has 1 aromatic heterocycles. The van der Waals surface area contributed by atoms with E-state index in [0.29, 0.717) is 10.0 Å². The molecule has 1 heterocycles. The Labute approximate surface area is 125 Å². The van der Waals surface area contributed by atoms with Crippen molar-refractivity contribution >= 4 is 46.3 Å². The van der Waals surface area contributed by atoms with Crippen LogP contribution < -0.4 is 0 Å². The summed E-state index contributed by atoms with van der Waals surface area (Å²) >= 11 is 11.9. The third-order valence-corrected chi connectivity index (χ3v) is 3.81. The number of hydrogen-bond acceptors (Lipinski definition) is 0. The lowest BCUT2D eigenvalue weighted by Gasteiger charge is -1.97. The quantitative estimate of drug-likeness (QED) is 0.617. The maximum atomic E-state index is 13.1. The van der Waals surface area contributed by atoms with Crippen molar-refractivity contribution in [3.8, 4) is 0 Å². The van der Waals surface area contributed by atoms with E-state index in [2.05, 4.69) is 4.98 Å². The Bertz CT molecular complexity index is 805. The first-order valence-corrected chi connectivity index (χ1v) is 6.79. The zero-order chi connectivity index (χ0) is 14.1. The minimum absolute atomic E-state index is 0.251. The molecule has 0 bridgehead atoms. The first-order valence-electron chi connectivity index (χ1n) is 6.03. The monoisotopic (exact) mass is 305 g/mol. The van der Waals surface area contributed by atoms with Gasteiger partial charge in [-0.3, -0.25) is 0 Å². The van der Waals surface area contributed by atoms with Gasteiger partial charge in [-0.15, -0.1) is 0 Å². The molecule has 100 valence electrons. The molecule has 0 aliphatic heterocycles. The average Bonchev–Trinajstić information content (AvgIpc) is 2.82. The summed E-state index contributed by atoms with van der Waals surface area (Å²) in [5, 5.41) is 2.03. The van der Waals surface area contributed by atoms with Crippen LogP contribution in [0, 0.1) is 5.82 Å². The van der Waals surface area contributed by atoms with Gasteiger partial charge in [-0.2, -0.15) is 0 Å². The Morgan fingerprint density at radius 3 is 2.60 bits per heavy atom. The first-order chi connectivity index (χ1) is 9.63. The SMILES string of the molecule is Fc1ccc2c(/C=C/c3ccc(Cl)c(Cl)c3)c[nH]c2c1. The lowest BCUT2D eigenvalue weighted by Crippen LogP contribution is -1.75. The number of rotatable bonds is 2. The molecular formula is C16H10Cl2FN. The highest BCUT2D eigenvalue weighted by atomic mass is 35.5. The van der Waals surface area contributed by atoms with Crippen molar-refractivity contribution in [1.29, 1.82) is 0 Å². The van der Waals surface area contributed by atoms with Gasteiger partial charge in [0.1, 0.15) is 5.82 Å². The molecule has 0 saturated carbocycles. The number of fused-ring (bicyclic) bond motifs is 1. The zero-order valence-corrected chi connectivity index (χ0v) is 11.8. The third kappa shape index (κ3) is 2.58. The summed E-state index contributed by atoms with van der Waals surface area (Å²) in [6.07, 6.45) is 5.74. The number of H-pyrrole nitrogens is 1. The van der Waals surface area contributed by atoms with Crippen LogP contribution in [0.25, 0.3) is 23.1 Å². The molecule has 0 radical (unpaired) electrons. The molecule has 0 amide bonds. The van der Waals surface area contributed by atoms with Crippen LogP contribution in [0.3, 0.4) is 0 Å². The highest BCUT2D eigenvalue weighted by molar-refractivity contribution is 6.42. The normalized spacial score (nSPS) is 11.6. The van der Waals surface area contributed by atoms with Gasteiger partial charge in [0, 0.05) is 17.1 Å². The summed E-state index contributed by atoms with van der Waals surface area (Å²) in [6, 6.07) is 10.1. The Hall–Kier alpha value is -1.77. The maximum Gasteiger partial charge on any atom is 0.125 e. The molecule has 1 nitrogen and oxygen atoms in total. The Morgan fingerprint density at radius 1 is 0.950 bits per heavy atom. The molecule has 0 fully saturated rings. The molecule has 2 aromatic carbocycles. The summed E-state index contributed by atoms with van der Waals surface area (Å²) in [6.45, 7) is 0. The van der Waals surface area contributed by atoms with Gasteiger partial charge in [0.05, 0.1) is 10.0 Å². The Kier molecular flexibility index (Phi) is 3.51. The van der Waals surface area contributed by atoms with Crippen molar-refractivity contribution in [2.24, 2.45) is 0 Å². The fraction of sp³-hybridized carbons (Fsp3) is 0. The fourth-order valence-corrected chi connectivity index (χ4v) is 2.37. The van der Waals surface area contributed by atoms with Crippen molar-refractivity contribution in [2.45, 2.75) is 0 Å². The van der Waals surface area contributed by atoms with Crippen LogP contribution in [0.1, 0.15) is 11.1 Å². The van der Waals surface area contributed by atoms with Crippen LogP contribution in [0.4, 0.5) is 4.39 Å². The largest absolute Gasteiger partial charge is 0.360 e. The van der Waals surface area contributed by atoms with E-state index in [4.69, 9.17) is 23.2 Å². The number of aromatic nitrogens is 1. The second-order valence-electron chi connectivity index (χ2n) is 4.44. The molecule has 3 aromatic rings. The van der Waals surface area contributed by atoms with Crippen LogP contribution >= 0.6 is 23.2 Å². The predicted octanol–water partition coefficient (Wildman–Crippen LogP) is 5.78. The third-order valence-electron chi connectivity index (χ3n) is 3.07. The van der Waals surface area contributed by atoms with Crippen molar-refractivity contribution in [2.75, 3.05) is 0 Å². The van der Waals surface area contributed by atoms with E-state index < -0.39 is 0 Å². The van der Waals surface area contributed by atoms with E-state index >= 15 is 0 Å². The molecule has 4 heteroatoms. The van der Waals surface area contributed by atoms with Crippen LogP contribution in [0.5, 0.6) is 0 Å². The Balaban J connectivity index is 1.96. The fourth-order valence-electron chi connectivity index (χ4n) is 2.06. The number of nitrogens with one attached hydrogen (secondary N) is 1. The van der Waals surface area contributed by atoms with Crippen molar-refractivity contribution in [3.63, 3.8) is 0 Å². The molecule has 0 saturated heterocycles. The van der Waals surface area contributed by atoms with Gasteiger partial charge in [0.2, 0.25) is 0 Å². The average molecular weight is 306 g/mol. The number of halogens is 3. The van der Waals surface area contributed by atoms with E-state index in [-0.39, 0.29) is 5.82 Å². The van der Waals surface area contributed by atoms with E-state index in [9.17, 15) is 4.39 Å². The van der Waals surface area contributed by atoms with Crippen molar-refractivity contribution in [3.05, 3.63) is 69.6 Å². The summed E-state index contributed by atoms with van der Waals surface area (Å²) in [5.41, 5.74) is 2.72. The van der Waals surface area contributed by atoms with E-state index in [0.717, 1.165) is 22.0 Å². The molecule has 0 atom stereocenters. The number of hydrogen-bond donors (Lipinski definition) is 1. The van der Waals surface area contributed by atoms with Gasteiger partial charge in [0.15, 0.2) is 0 Å². The number of aromatic amines is 1. The summed E-state index contributed by atoms with van der Waals surface area (Å²) in [5.74, 6) is -0.251. The van der Waals surface area contributed by atoms with Crippen molar-refractivity contribution < 1.29 is 4.39 Å². The predicted molar refractivity (Wildman–Crippen MR) is 83.6 cm³/mol. The molecular weight excluding hydrogens is 296 g/mol. The molecule has 0 unspecified atom stereocenters. The van der Waals surface area contributed by atoms with Gasteiger partial charge in [-0.05, 0) is 41.5 Å².